The van der Waals surface area contributed by atoms with Crippen LogP contribution in [-0.4, -0.2) is 36.6 Å². The minimum Gasteiger partial charge on any atom is -0.497 e. The second kappa shape index (κ2) is 7.79. The van der Waals surface area contributed by atoms with Gasteiger partial charge in [0.25, 0.3) is 0 Å². The number of rotatable bonds is 5. The monoisotopic (exact) mass is 458 g/mol. The Balaban J connectivity index is 1.97. The van der Waals surface area contributed by atoms with E-state index in [0.717, 1.165) is 21.4 Å². The van der Waals surface area contributed by atoms with Crippen molar-refractivity contribution in [2.24, 2.45) is 0 Å². The van der Waals surface area contributed by atoms with Crippen LogP contribution in [-0.2, 0) is 11.3 Å². The normalized spacial score (nSPS) is 11.9. The van der Waals surface area contributed by atoms with Crippen LogP contribution in [0.3, 0.4) is 0 Å². The van der Waals surface area contributed by atoms with Crippen LogP contribution in [0.1, 0.15) is 23.0 Å². The van der Waals surface area contributed by atoms with Crippen molar-refractivity contribution >= 4 is 21.9 Å². The molecule has 1 aliphatic heterocycles. The molecule has 2 aromatic carbocycles. The van der Waals surface area contributed by atoms with E-state index in [1.807, 2.05) is 36.4 Å². The average molecular weight is 459 g/mol. The lowest BCUT2D eigenvalue weighted by molar-refractivity contribution is 0.0516. The molecule has 1 aromatic heterocycles. The zero-order valence-electron chi connectivity index (χ0n) is 16.2. The van der Waals surface area contributed by atoms with Gasteiger partial charge in [-0.2, -0.15) is 5.10 Å². The lowest BCUT2D eigenvalue weighted by Gasteiger charge is -2.21. The fourth-order valence-electron chi connectivity index (χ4n) is 3.30. The summed E-state index contributed by atoms with van der Waals surface area (Å²) in [7, 11) is 3.20. The maximum atomic E-state index is 12.6. The Kier molecular flexibility index (Phi) is 5.19. The molecule has 2 heterocycles. The van der Waals surface area contributed by atoms with E-state index in [4.69, 9.17) is 18.9 Å². The van der Waals surface area contributed by atoms with E-state index < -0.39 is 5.97 Å². The molecule has 0 spiro atoms. The molecule has 0 N–H and O–H groups in total. The largest absolute Gasteiger partial charge is 0.497 e. The van der Waals surface area contributed by atoms with Gasteiger partial charge in [0.05, 0.1) is 42.2 Å². The number of methoxy groups -OCH3 is 2. The standard InChI is InChI=1S/C21H19BrN2O5/c1-4-28-21(25)19-15-11-29-17-10-18(27-3)16(22)9-14(17)20(15)24(23-19)12-6-5-7-13(8-12)26-2/h5-10H,4,11H2,1-3H3. The Bertz CT molecular complexity index is 1090. The van der Waals surface area contributed by atoms with Gasteiger partial charge in [0.15, 0.2) is 5.69 Å². The third-order valence-corrected chi connectivity index (χ3v) is 5.25. The van der Waals surface area contributed by atoms with Crippen LogP contribution in [0.5, 0.6) is 17.2 Å². The van der Waals surface area contributed by atoms with E-state index in [0.29, 0.717) is 22.8 Å². The van der Waals surface area contributed by atoms with Crippen molar-refractivity contribution < 1.29 is 23.7 Å². The summed E-state index contributed by atoms with van der Waals surface area (Å²) in [6, 6.07) is 11.2. The molecule has 0 radical (unpaired) electrons. The van der Waals surface area contributed by atoms with Crippen LogP contribution < -0.4 is 14.2 Å². The van der Waals surface area contributed by atoms with Crippen LogP contribution in [0.4, 0.5) is 0 Å². The lowest BCUT2D eigenvalue weighted by atomic mass is 10.0. The zero-order chi connectivity index (χ0) is 20.5. The molecule has 0 unspecified atom stereocenters. The summed E-state index contributed by atoms with van der Waals surface area (Å²) in [5.74, 6) is 1.51. The third kappa shape index (κ3) is 3.33. The summed E-state index contributed by atoms with van der Waals surface area (Å²) in [6.07, 6.45) is 0. The van der Waals surface area contributed by atoms with Crippen LogP contribution in [0.2, 0.25) is 0 Å². The summed E-state index contributed by atoms with van der Waals surface area (Å²) < 4.78 is 24.4. The van der Waals surface area contributed by atoms with Gasteiger partial charge in [-0.05, 0) is 41.1 Å². The number of hydrogen-bond acceptors (Lipinski definition) is 6. The van der Waals surface area contributed by atoms with Gasteiger partial charge >= 0.3 is 5.97 Å². The molecule has 3 aromatic rings. The van der Waals surface area contributed by atoms with E-state index in [1.165, 1.54) is 0 Å². The van der Waals surface area contributed by atoms with Gasteiger partial charge in [0.2, 0.25) is 0 Å². The number of carbonyl (C=O) groups is 1. The van der Waals surface area contributed by atoms with Gasteiger partial charge < -0.3 is 18.9 Å². The second-order valence-corrected chi connectivity index (χ2v) is 7.14. The first-order valence-corrected chi connectivity index (χ1v) is 9.80. The number of halogens is 1. The highest BCUT2D eigenvalue weighted by Gasteiger charge is 2.31. The van der Waals surface area contributed by atoms with Gasteiger partial charge in [0.1, 0.15) is 23.9 Å². The molecule has 0 fully saturated rings. The summed E-state index contributed by atoms with van der Waals surface area (Å²) in [5.41, 5.74) is 3.24. The predicted molar refractivity (Wildman–Crippen MR) is 110 cm³/mol. The van der Waals surface area contributed by atoms with Crippen molar-refractivity contribution in [3.8, 4) is 34.2 Å². The Morgan fingerprint density at radius 2 is 2.07 bits per heavy atom. The number of ether oxygens (including phenoxy) is 4. The van der Waals surface area contributed by atoms with Crippen LogP contribution in [0.15, 0.2) is 40.9 Å². The van der Waals surface area contributed by atoms with Crippen molar-refractivity contribution in [2.75, 3.05) is 20.8 Å². The van der Waals surface area contributed by atoms with Gasteiger partial charge in [0, 0.05) is 17.7 Å². The van der Waals surface area contributed by atoms with E-state index >= 15 is 0 Å². The van der Waals surface area contributed by atoms with Gasteiger partial charge in [-0.3, -0.25) is 0 Å². The van der Waals surface area contributed by atoms with E-state index in [2.05, 4.69) is 21.0 Å². The topological polar surface area (TPSA) is 71.8 Å². The molecule has 1 aliphatic rings. The molecular weight excluding hydrogens is 440 g/mol. The molecule has 0 atom stereocenters. The number of fused-ring (bicyclic) bond motifs is 3. The fourth-order valence-corrected chi connectivity index (χ4v) is 3.81. The molecule has 7 nitrogen and oxygen atoms in total. The Morgan fingerprint density at radius 1 is 1.24 bits per heavy atom. The fraction of sp³-hybridized carbons (Fsp3) is 0.238. The molecule has 0 saturated carbocycles. The second-order valence-electron chi connectivity index (χ2n) is 6.28. The van der Waals surface area contributed by atoms with Crippen molar-refractivity contribution in [3.63, 3.8) is 0 Å². The molecule has 8 heteroatoms. The van der Waals surface area contributed by atoms with Gasteiger partial charge in [-0.15, -0.1) is 0 Å². The number of benzene rings is 2. The van der Waals surface area contributed by atoms with Crippen molar-refractivity contribution in [1.29, 1.82) is 0 Å². The number of esters is 1. The highest BCUT2D eigenvalue weighted by atomic mass is 79.9. The Morgan fingerprint density at radius 3 is 2.79 bits per heavy atom. The molecule has 0 aliphatic carbocycles. The molecule has 4 rings (SSSR count). The lowest BCUT2D eigenvalue weighted by Crippen LogP contribution is -2.12. The summed E-state index contributed by atoms with van der Waals surface area (Å²) >= 11 is 3.53. The van der Waals surface area contributed by atoms with Gasteiger partial charge in [-0.25, -0.2) is 9.48 Å². The molecular formula is C21H19BrN2O5. The predicted octanol–water partition coefficient (Wildman–Crippen LogP) is 4.39. The third-order valence-electron chi connectivity index (χ3n) is 4.63. The first-order chi connectivity index (χ1) is 14.1. The summed E-state index contributed by atoms with van der Waals surface area (Å²) in [5, 5.41) is 4.59. The first kappa shape index (κ1) is 19.3. The van der Waals surface area contributed by atoms with E-state index in [1.54, 1.807) is 25.8 Å². The molecule has 29 heavy (non-hydrogen) atoms. The zero-order valence-corrected chi connectivity index (χ0v) is 17.8. The SMILES string of the molecule is CCOC(=O)c1nn(-c2cccc(OC)c2)c2c1COc1cc(OC)c(Br)cc1-2. The number of hydrogen-bond donors (Lipinski definition) is 0. The Hall–Kier alpha value is -3.00. The molecule has 0 saturated heterocycles. The van der Waals surface area contributed by atoms with Crippen molar-refractivity contribution in [2.45, 2.75) is 13.5 Å². The summed E-state index contributed by atoms with van der Waals surface area (Å²) in [4.78, 5) is 12.6. The number of nitrogens with zero attached hydrogens (tertiary/aromatic N) is 2. The molecule has 0 bridgehead atoms. The first-order valence-electron chi connectivity index (χ1n) is 9.01. The maximum absolute atomic E-state index is 12.6. The quantitative estimate of drug-likeness (QED) is 0.528. The van der Waals surface area contributed by atoms with Crippen LogP contribution in [0, 0.1) is 0 Å². The van der Waals surface area contributed by atoms with Crippen LogP contribution >= 0.6 is 15.9 Å². The van der Waals surface area contributed by atoms with Crippen molar-refractivity contribution in [3.05, 3.63) is 52.1 Å². The highest BCUT2D eigenvalue weighted by molar-refractivity contribution is 9.10. The molecule has 150 valence electrons. The van der Waals surface area contributed by atoms with Crippen LogP contribution in [0.25, 0.3) is 16.9 Å². The highest BCUT2D eigenvalue weighted by Crippen LogP contribution is 2.44. The van der Waals surface area contributed by atoms with Gasteiger partial charge in [-0.1, -0.05) is 6.07 Å². The minimum absolute atomic E-state index is 0.200. The van der Waals surface area contributed by atoms with Crippen molar-refractivity contribution in [1.82, 2.24) is 9.78 Å². The van der Waals surface area contributed by atoms with E-state index in [9.17, 15) is 4.79 Å². The van der Waals surface area contributed by atoms with E-state index in [-0.39, 0.29) is 18.9 Å². The molecule has 0 amide bonds. The summed E-state index contributed by atoms with van der Waals surface area (Å²) in [6.45, 7) is 2.23. The maximum Gasteiger partial charge on any atom is 0.359 e. The average Bonchev–Trinajstić information content (AvgIpc) is 3.14. The minimum atomic E-state index is -0.481. The Labute approximate surface area is 176 Å². The smallest absolute Gasteiger partial charge is 0.359 e. The number of aromatic nitrogens is 2. The number of carbonyl (C=O) groups excluding carboxylic acids is 1.